The van der Waals surface area contributed by atoms with Crippen molar-refractivity contribution in [2.24, 2.45) is 0 Å². The van der Waals surface area contributed by atoms with Crippen molar-refractivity contribution in [2.45, 2.75) is 43.0 Å². The average Bonchev–Trinajstić information content (AvgIpc) is 3.31. The predicted octanol–water partition coefficient (Wildman–Crippen LogP) is -0.147. The summed E-state index contributed by atoms with van der Waals surface area (Å²) in [5, 5.41) is 51.5. The number of nitro benzene ring substituents is 2. The topological polar surface area (TPSA) is 165 Å². The Kier molecular flexibility index (Phi) is 3.87. The van der Waals surface area contributed by atoms with E-state index in [0.29, 0.717) is 12.8 Å². The van der Waals surface area contributed by atoms with Crippen LogP contribution in [-0.4, -0.2) is 55.4 Å². The van der Waals surface area contributed by atoms with Crippen LogP contribution in [0.5, 0.6) is 5.75 Å². The van der Waals surface area contributed by atoms with Gasteiger partial charge in [0.15, 0.2) is 0 Å². The van der Waals surface area contributed by atoms with E-state index in [-0.39, 0.29) is 5.75 Å². The Bertz CT molecular complexity index is 690. The summed E-state index contributed by atoms with van der Waals surface area (Å²) in [6.45, 7) is 0. The van der Waals surface area contributed by atoms with Crippen molar-refractivity contribution in [1.29, 1.82) is 0 Å². The second-order valence-electron chi connectivity index (χ2n) is 5.76. The second-order valence-corrected chi connectivity index (χ2v) is 5.76. The van der Waals surface area contributed by atoms with Crippen molar-refractivity contribution in [3.63, 3.8) is 0 Å². The molecule has 1 aliphatic carbocycles. The van der Waals surface area contributed by atoms with Crippen molar-refractivity contribution in [2.75, 3.05) is 0 Å². The lowest BCUT2D eigenvalue weighted by Crippen LogP contribution is -2.60. The minimum atomic E-state index is -1.64. The Hall–Kier alpha value is -2.34. The summed E-state index contributed by atoms with van der Waals surface area (Å²) < 4.78 is 10.7. The molecule has 0 bridgehead atoms. The number of benzene rings is 1. The number of ether oxygens (including phenoxy) is 2. The molecule has 1 saturated carbocycles. The molecule has 0 unspecified atom stereocenters. The van der Waals surface area contributed by atoms with Crippen LogP contribution in [0.15, 0.2) is 18.2 Å². The fourth-order valence-corrected chi connectivity index (χ4v) is 2.65. The number of aliphatic hydroxyl groups excluding tert-OH is 3. The molecule has 0 radical (unpaired) electrons. The van der Waals surface area contributed by atoms with E-state index < -0.39 is 51.4 Å². The minimum Gasteiger partial charge on any atom is -0.455 e. The Labute approximate surface area is 134 Å². The molecule has 1 spiro atoms. The number of aliphatic hydroxyl groups is 3. The van der Waals surface area contributed by atoms with E-state index in [4.69, 9.17) is 9.47 Å². The SMILES string of the molecule is O=[N+]([O-])c1ccc(O[C@@H]2OC3(CC3)[C@@H](O)[C@H](O)[C@H]2O)c([N+](=O)[O-])c1. The highest BCUT2D eigenvalue weighted by Crippen LogP contribution is 2.48. The third kappa shape index (κ3) is 2.67. The molecule has 24 heavy (non-hydrogen) atoms. The summed E-state index contributed by atoms with van der Waals surface area (Å²) in [6, 6.07) is 2.75. The van der Waals surface area contributed by atoms with Crippen molar-refractivity contribution in [3.8, 4) is 5.75 Å². The normalized spacial score (nSPS) is 30.8. The third-order valence-corrected chi connectivity index (χ3v) is 4.18. The van der Waals surface area contributed by atoms with Gasteiger partial charge in [-0.2, -0.15) is 0 Å². The molecular formula is C13H14N2O9. The van der Waals surface area contributed by atoms with Gasteiger partial charge in [0.05, 0.1) is 15.9 Å². The first kappa shape index (κ1) is 16.5. The molecule has 0 amide bonds. The zero-order valence-corrected chi connectivity index (χ0v) is 12.1. The third-order valence-electron chi connectivity index (χ3n) is 4.18. The molecule has 11 heteroatoms. The van der Waals surface area contributed by atoms with Crippen LogP contribution in [0.3, 0.4) is 0 Å². The Morgan fingerprint density at radius 3 is 2.33 bits per heavy atom. The lowest BCUT2D eigenvalue weighted by Gasteiger charge is -2.40. The number of rotatable bonds is 4. The van der Waals surface area contributed by atoms with Crippen molar-refractivity contribution in [1.82, 2.24) is 0 Å². The molecule has 3 N–H and O–H groups in total. The van der Waals surface area contributed by atoms with E-state index in [1.54, 1.807) is 0 Å². The smallest absolute Gasteiger partial charge is 0.317 e. The monoisotopic (exact) mass is 342 g/mol. The molecule has 1 aliphatic heterocycles. The van der Waals surface area contributed by atoms with Gasteiger partial charge < -0.3 is 24.8 Å². The van der Waals surface area contributed by atoms with Gasteiger partial charge in [-0.25, -0.2) is 0 Å². The molecule has 1 saturated heterocycles. The zero-order chi connectivity index (χ0) is 17.6. The number of hydrogen-bond acceptors (Lipinski definition) is 9. The Morgan fingerprint density at radius 2 is 1.79 bits per heavy atom. The van der Waals surface area contributed by atoms with E-state index in [2.05, 4.69) is 0 Å². The zero-order valence-electron chi connectivity index (χ0n) is 12.1. The first-order valence-electron chi connectivity index (χ1n) is 7.07. The van der Waals surface area contributed by atoms with Gasteiger partial charge in [0.25, 0.3) is 5.69 Å². The van der Waals surface area contributed by atoms with Gasteiger partial charge in [0.2, 0.25) is 12.0 Å². The van der Waals surface area contributed by atoms with Gasteiger partial charge in [-0.15, -0.1) is 0 Å². The summed E-state index contributed by atoms with van der Waals surface area (Å²) in [5.74, 6) is -0.353. The maximum atomic E-state index is 11.1. The lowest BCUT2D eigenvalue weighted by atomic mass is 9.97. The molecule has 2 aliphatic rings. The molecular weight excluding hydrogens is 328 g/mol. The van der Waals surface area contributed by atoms with E-state index in [1.165, 1.54) is 0 Å². The molecule has 1 aromatic carbocycles. The van der Waals surface area contributed by atoms with E-state index in [1.807, 2.05) is 0 Å². The maximum absolute atomic E-state index is 11.1. The van der Waals surface area contributed by atoms with Gasteiger partial charge in [0, 0.05) is 6.07 Å². The number of nitrogens with zero attached hydrogens (tertiary/aromatic N) is 2. The average molecular weight is 342 g/mol. The van der Waals surface area contributed by atoms with Crippen LogP contribution in [0.1, 0.15) is 12.8 Å². The summed E-state index contributed by atoms with van der Waals surface area (Å²) in [6.07, 6.45) is -5.03. The Morgan fingerprint density at radius 1 is 1.12 bits per heavy atom. The molecule has 11 nitrogen and oxygen atoms in total. The second kappa shape index (κ2) is 5.63. The van der Waals surface area contributed by atoms with E-state index >= 15 is 0 Å². The summed E-state index contributed by atoms with van der Waals surface area (Å²) in [5.41, 5.74) is -2.21. The van der Waals surface area contributed by atoms with Gasteiger partial charge in [-0.3, -0.25) is 20.2 Å². The first-order chi connectivity index (χ1) is 11.2. The van der Waals surface area contributed by atoms with Crippen LogP contribution < -0.4 is 4.74 Å². The van der Waals surface area contributed by atoms with Crippen LogP contribution in [-0.2, 0) is 4.74 Å². The quantitative estimate of drug-likeness (QED) is 0.498. The number of nitro groups is 2. The maximum Gasteiger partial charge on any atom is 0.317 e. The predicted molar refractivity (Wildman–Crippen MR) is 75.2 cm³/mol. The number of non-ortho nitro benzene ring substituents is 1. The van der Waals surface area contributed by atoms with Crippen LogP contribution in [0, 0.1) is 20.2 Å². The van der Waals surface area contributed by atoms with Crippen LogP contribution in [0.4, 0.5) is 11.4 Å². The fraction of sp³-hybridized carbons (Fsp3) is 0.538. The van der Waals surface area contributed by atoms with Crippen molar-refractivity contribution >= 4 is 11.4 Å². The number of hydrogen-bond donors (Lipinski definition) is 3. The molecule has 4 atom stereocenters. The van der Waals surface area contributed by atoms with Crippen LogP contribution in [0.25, 0.3) is 0 Å². The molecule has 3 rings (SSSR count). The van der Waals surface area contributed by atoms with Crippen molar-refractivity contribution < 1.29 is 34.6 Å². The highest BCUT2D eigenvalue weighted by atomic mass is 16.7. The lowest BCUT2D eigenvalue weighted by molar-refractivity contribution is -0.395. The standard InChI is InChI=1S/C13H14N2O9/c16-9-10(17)12(24-13(3-4-13)11(9)18)23-8-2-1-6(14(19)20)5-7(8)15(21)22/h1-2,5,9-12,16-18H,3-4H2/t9-,10-,11+,12-/m1/s1. The minimum absolute atomic E-state index is 0.353. The first-order valence-corrected chi connectivity index (χ1v) is 7.07. The molecule has 0 aromatic heterocycles. The van der Waals surface area contributed by atoms with Gasteiger partial charge in [-0.1, -0.05) is 0 Å². The van der Waals surface area contributed by atoms with Crippen LogP contribution >= 0.6 is 0 Å². The van der Waals surface area contributed by atoms with Gasteiger partial charge in [-0.05, 0) is 18.9 Å². The summed E-state index contributed by atoms with van der Waals surface area (Å²) in [4.78, 5) is 20.1. The molecule has 130 valence electrons. The highest BCUT2D eigenvalue weighted by Gasteiger charge is 2.61. The van der Waals surface area contributed by atoms with E-state index in [9.17, 15) is 35.5 Å². The summed E-state index contributed by atoms with van der Waals surface area (Å²) in [7, 11) is 0. The highest BCUT2D eigenvalue weighted by molar-refractivity contribution is 5.53. The van der Waals surface area contributed by atoms with Crippen molar-refractivity contribution in [3.05, 3.63) is 38.4 Å². The summed E-state index contributed by atoms with van der Waals surface area (Å²) >= 11 is 0. The fourth-order valence-electron chi connectivity index (χ4n) is 2.65. The van der Waals surface area contributed by atoms with Gasteiger partial charge in [0.1, 0.15) is 23.9 Å². The van der Waals surface area contributed by atoms with Crippen LogP contribution in [0.2, 0.25) is 0 Å². The Balaban J connectivity index is 1.87. The molecule has 1 heterocycles. The van der Waals surface area contributed by atoms with E-state index in [0.717, 1.165) is 18.2 Å². The molecule has 2 fully saturated rings. The molecule has 1 aromatic rings. The van der Waals surface area contributed by atoms with Gasteiger partial charge >= 0.3 is 5.69 Å². The largest absolute Gasteiger partial charge is 0.455 e.